The quantitative estimate of drug-likeness (QED) is 0.0284. The van der Waals surface area contributed by atoms with Crippen LogP contribution in [0.3, 0.4) is 0 Å². The summed E-state index contributed by atoms with van der Waals surface area (Å²) in [5.41, 5.74) is 0. The minimum absolute atomic E-state index is 0.228. The number of carbonyl (C=O) groups is 1. The Labute approximate surface area is 475 Å². The fourth-order valence-corrected chi connectivity index (χ4v) is 9.33. The zero-order valence-electron chi connectivity index (χ0n) is 47.5. The van der Waals surface area contributed by atoms with Gasteiger partial charge in [0.05, 0.1) is 38.6 Å². The van der Waals surface area contributed by atoms with Gasteiger partial charge in [0.15, 0.2) is 18.9 Å². The van der Waals surface area contributed by atoms with Gasteiger partial charge in [0.2, 0.25) is 5.91 Å². The van der Waals surface area contributed by atoms with Gasteiger partial charge in [-0.3, -0.25) is 4.79 Å². The second kappa shape index (κ2) is 43.4. The molecule has 1 amide bonds. The molecule has 0 spiro atoms. The second-order valence-electron chi connectivity index (χ2n) is 20.7. The summed E-state index contributed by atoms with van der Waals surface area (Å²) in [6, 6.07) is -0.904. The van der Waals surface area contributed by atoms with Crippen LogP contribution in [0.2, 0.25) is 0 Å². The number of allylic oxidation sites excluding steroid dienone is 16. The zero-order chi connectivity index (χ0) is 58.3. The summed E-state index contributed by atoms with van der Waals surface area (Å²) in [5.74, 6) is -0.279. The summed E-state index contributed by atoms with van der Waals surface area (Å²) in [4.78, 5) is 13.2. The van der Waals surface area contributed by atoms with Crippen LogP contribution < -0.4 is 5.32 Å². The number of rotatable bonds is 41. The molecule has 3 rings (SSSR count). The molecular weight excluding hydrogens is 1030 g/mol. The van der Waals surface area contributed by atoms with E-state index in [1.54, 1.807) is 0 Å². The van der Waals surface area contributed by atoms with Gasteiger partial charge in [0, 0.05) is 6.42 Å². The van der Waals surface area contributed by atoms with Gasteiger partial charge in [-0.05, 0) is 77.0 Å². The topological polar surface area (TPSA) is 307 Å². The summed E-state index contributed by atoms with van der Waals surface area (Å²) in [5, 5.41) is 120. The summed E-state index contributed by atoms with van der Waals surface area (Å²) in [7, 11) is 0. The first kappa shape index (κ1) is 71.0. The highest BCUT2D eigenvalue weighted by Crippen LogP contribution is 2.33. The Morgan fingerprint density at radius 3 is 1.35 bits per heavy atom. The lowest BCUT2D eigenvalue weighted by atomic mass is 9.96. The SMILES string of the molecule is CC/C=C\C/C=C\C/C=C\C/C=C\C/C=C\C/C=C\C/C=C\C/C=C\CCCCCCC(=O)NC(COC1OC(CO)C(OC2OC(CO)C(OC3OC(CO)C(O)C(O)C3O)C(O)C2O)C(O)C1O)C(O)CCCCCCCC. The van der Waals surface area contributed by atoms with Crippen LogP contribution in [0.25, 0.3) is 0 Å². The number of amides is 1. The minimum atomic E-state index is -1.98. The van der Waals surface area contributed by atoms with Gasteiger partial charge in [-0.1, -0.05) is 162 Å². The molecule has 0 radical (unpaired) electrons. The van der Waals surface area contributed by atoms with Crippen LogP contribution in [0.4, 0.5) is 0 Å². The van der Waals surface area contributed by atoms with Crippen molar-refractivity contribution >= 4 is 5.91 Å². The van der Waals surface area contributed by atoms with E-state index < -0.39 is 124 Å². The minimum Gasteiger partial charge on any atom is -0.394 e. The van der Waals surface area contributed by atoms with E-state index in [0.29, 0.717) is 19.3 Å². The maximum absolute atomic E-state index is 13.2. The van der Waals surface area contributed by atoms with Gasteiger partial charge in [0.1, 0.15) is 73.2 Å². The number of hydrogen-bond acceptors (Lipinski definition) is 18. The number of aliphatic hydroxyl groups is 11. The van der Waals surface area contributed by atoms with E-state index in [9.17, 15) is 61.0 Å². The number of unbranched alkanes of at least 4 members (excludes halogenated alkanes) is 9. The Bertz CT molecular complexity index is 1840. The highest BCUT2D eigenvalue weighted by molar-refractivity contribution is 5.76. The molecule has 0 bridgehead atoms. The molecule has 458 valence electrons. The first-order valence-electron chi connectivity index (χ1n) is 29.5. The Hall–Kier alpha value is -3.29. The van der Waals surface area contributed by atoms with E-state index in [2.05, 4.69) is 116 Å². The van der Waals surface area contributed by atoms with Gasteiger partial charge in [-0.25, -0.2) is 0 Å². The molecule has 3 saturated heterocycles. The Kier molecular flexibility index (Phi) is 38.5. The zero-order valence-corrected chi connectivity index (χ0v) is 47.5. The molecule has 17 atom stereocenters. The van der Waals surface area contributed by atoms with Crippen LogP contribution in [0.5, 0.6) is 0 Å². The molecule has 0 saturated carbocycles. The smallest absolute Gasteiger partial charge is 0.220 e. The predicted molar refractivity (Wildman–Crippen MR) is 304 cm³/mol. The van der Waals surface area contributed by atoms with Gasteiger partial charge in [-0.15, -0.1) is 0 Å². The number of hydrogen-bond donors (Lipinski definition) is 12. The lowest BCUT2D eigenvalue weighted by Crippen LogP contribution is -2.66. The third-order valence-corrected chi connectivity index (χ3v) is 14.2. The van der Waals surface area contributed by atoms with Crippen LogP contribution in [-0.4, -0.2) is 193 Å². The van der Waals surface area contributed by atoms with E-state index in [1.165, 1.54) is 0 Å². The van der Waals surface area contributed by atoms with E-state index in [1.807, 2.05) is 0 Å². The summed E-state index contributed by atoms with van der Waals surface area (Å²) in [6.45, 7) is 1.53. The predicted octanol–water partition coefficient (Wildman–Crippen LogP) is 4.98. The van der Waals surface area contributed by atoms with Crippen LogP contribution in [0.1, 0.15) is 149 Å². The third-order valence-electron chi connectivity index (χ3n) is 14.2. The molecule has 3 heterocycles. The Morgan fingerprint density at radius 1 is 0.463 bits per heavy atom. The lowest BCUT2D eigenvalue weighted by molar-refractivity contribution is -0.379. The van der Waals surface area contributed by atoms with Crippen molar-refractivity contribution in [2.45, 2.75) is 253 Å². The normalized spacial score (nSPS) is 30.7. The van der Waals surface area contributed by atoms with E-state index in [-0.39, 0.29) is 18.9 Å². The molecule has 19 nitrogen and oxygen atoms in total. The molecule has 80 heavy (non-hydrogen) atoms. The fraction of sp³-hybridized carbons (Fsp3) is 0.721. The number of ether oxygens (including phenoxy) is 6. The number of nitrogens with one attached hydrogen (secondary N) is 1. The van der Waals surface area contributed by atoms with Crippen LogP contribution in [0.15, 0.2) is 97.2 Å². The molecule has 0 aromatic rings. The Morgan fingerprint density at radius 2 is 0.863 bits per heavy atom. The maximum Gasteiger partial charge on any atom is 0.220 e. The van der Waals surface area contributed by atoms with Crippen molar-refractivity contribution in [3.8, 4) is 0 Å². The standard InChI is InChI=1S/C61H101NO18/c1-3-5-7-9-11-12-13-14-15-16-17-18-19-20-21-22-23-24-25-26-27-28-29-30-31-32-33-35-37-39-49(67)62-44(45(66)38-36-34-10-8-6-4-2)43-75-59-55(73)52(70)57(47(41-64)77-59)80-61-56(74)53(71)58(48(42-65)78-61)79-60-54(72)51(69)50(68)46(40-63)76-60/h5,7,11-12,14-15,17-18,20-21,23-24,26-27,29-30,44-48,50-61,63-66,68-74H,3-4,6,8-10,13,16,19,22,25,28,31-43H2,1-2H3,(H,62,67)/b7-5-,12-11-,15-14-,18-17-,21-20-,24-23-,27-26-,30-29-. The first-order valence-corrected chi connectivity index (χ1v) is 29.5. The van der Waals surface area contributed by atoms with E-state index >= 15 is 0 Å². The average Bonchev–Trinajstić information content (AvgIpc) is 3.45. The van der Waals surface area contributed by atoms with Crippen LogP contribution >= 0.6 is 0 Å². The molecule has 3 aliphatic heterocycles. The average molecular weight is 1140 g/mol. The molecule has 3 fully saturated rings. The molecular formula is C61H101NO18. The lowest BCUT2D eigenvalue weighted by Gasteiger charge is -2.48. The monoisotopic (exact) mass is 1140 g/mol. The maximum atomic E-state index is 13.2. The van der Waals surface area contributed by atoms with Gasteiger partial charge < -0.3 is 89.9 Å². The highest BCUT2D eigenvalue weighted by atomic mass is 16.8. The molecule has 12 N–H and O–H groups in total. The number of aliphatic hydroxyl groups excluding tert-OH is 11. The van der Waals surface area contributed by atoms with Crippen molar-refractivity contribution < 1.29 is 89.4 Å². The third kappa shape index (κ3) is 27.0. The van der Waals surface area contributed by atoms with Crippen molar-refractivity contribution in [3.05, 3.63) is 97.2 Å². The fourth-order valence-electron chi connectivity index (χ4n) is 9.33. The van der Waals surface area contributed by atoms with Gasteiger partial charge in [-0.2, -0.15) is 0 Å². The summed E-state index contributed by atoms with van der Waals surface area (Å²) < 4.78 is 34.1. The number of carbonyl (C=O) groups excluding carboxylic acids is 1. The van der Waals surface area contributed by atoms with Crippen molar-refractivity contribution in [2.75, 3.05) is 26.4 Å². The van der Waals surface area contributed by atoms with Crippen molar-refractivity contribution in [2.24, 2.45) is 0 Å². The largest absolute Gasteiger partial charge is 0.394 e. The van der Waals surface area contributed by atoms with Crippen molar-refractivity contribution in [1.82, 2.24) is 5.32 Å². The summed E-state index contributed by atoms with van der Waals surface area (Å²) in [6.07, 6.45) is 27.0. The van der Waals surface area contributed by atoms with E-state index in [4.69, 9.17) is 28.4 Å². The first-order chi connectivity index (χ1) is 38.8. The molecule has 0 aliphatic carbocycles. The highest BCUT2D eigenvalue weighted by Gasteiger charge is 2.53. The van der Waals surface area contributed by atoms with Crippen molar-refractivity contribution in [1.29, 1.82) is 0 Å². The van der Waals surface area contributed by atoms with E-state index in [0.717, 1.165) is 109 Å². The summed E-state index contributed by atoms with van der Waals surface area (Å²) >= 11 is 0. The molecule has 0 aromatic carbocycles. The van der Waals surface area contributed by atoms with Gasteiger partial charge in [0.25, 0.3) is 0 Å². The Balaban J connectivity index is 1.39. The molecule has 0 aromatic heterocycles. The second-order valence-corrected chi connectivity index (χ2v) is 20.7. The van der Waals surface area contributed by atoms with Crippen LogP contribution in [-0.2, 0) is 33.2 Å². The molecule has 19 heteroatoms. The molecule has 17 unspecified atom stereocenters. The molecule has 3 aliphatic rings. The van der Waals surface area contributed by atoms with Gasteiger partial charge >= 0.3 is 0 Å². The van der Waals surface area contributed by atoms with Crippen molar-refractivity contribution in [3.63, 3.8) is 0 Å². The van der Waals surface area contributed by atoms with Crippen LogP contribution in [0, 0.1) is 0 Å².